The monoisotopic (exact) mass is 208 g/mol. The lowest BCUT2D eigenvalue weighted by molar-refractivity contribution is 0.422. The molecule has 78 valence electrons. The van der Waals surface area contributed by atoms with E-state index in [4.69, 9.17) is 10.3 Å². The Morgan fingerprint density at radius 1 is 1.40 bits per heavy atom. The standard InChI is InChI=1S/C9H9FN4O/c10-7-3-6(4-12-5-7)9-13-8(1-2-11)14-15-9/h3-5H,1-2,11H2. The molecule has 0 saturated heterocycles. The van der Waals surface area contributed by atoms with Crippen LogP contribution in [0.2, 0.25) is 0 Å². The second-order valence-corrected chi connectivity index (χ2v) is 2.95. The Labute approximate surface area is 85.1 Å². The molecule has 2 heterocycles. The van der Waals surface area contributed by atoms with Crippen molar-refractivity contribution in [1.29, 1.82) is 0 Å². The summed E-state index contributed by atoms with van der Waals surface area (Å²) in [4.78, 5) is 7.74. The molecule has 5 nitrogen and oxygen atoms in total. The van der Waals surface area contributed by atoms with Crippen LogP contribution in [0.3, 0.4) is 0 Å². The van der Waals surface area contributed by atoms with Gasteiger partial charge in [-0.2, -0.15) is 4.98 Å². The molecule has 0 aliphatic rings. The quantitative estimate of drug-likeness (QED) is 0.806. The van der Waals surface area contributed by atoms with Crippen molar-refractivity contribution in [2.45, 2.75) is 6.42 Å². The Hall–Kier alpha value is -1.82. The molecule has 0 aliphatic carbocycles. The molecular weight excluding hydrogens is 199 g/mol. The van der Waals surface area contributed by atoms with Gasteiger partial charge < -0.3 is 10.3 Å². The molecule has 2 aromatic heterocycles. The number of rotatable bonds is 3. The molecule has 0 aliphatic heterocycles. The highest BCUT2D eigenvalue weighted by molar-refractivity contribution is 5.50. The molecule has 0 saturated carbocycles. The molecule has 0 fully saturated rings. The lowest BCUT2D eigenvalue weighted by atomic mass is 10.3. The minimum Gasteiger partial charge on any atom is -0.334 e. The van der Waals surface area contributed by atoms with Crippen molar-refractivity contribution in [3.63, 3.8) is 0 Å². The van der Waals surface area contributed by atoms with E-state index in [1.165, 1.54) is 12.3 Å². The lowest BCUT2D eigenvalue weighted by Crippen LogP contribution is -2.03. The summed E-state index contributed by atoms with van der Waals surface area (Å²) < 4.78 is 17.8. The number of pyridine rings is 1. The Kier molecular flexibility index (Phi) is 2.68. The van der Waals surface area contributed by atoms with E-state index in [1.807, 2.05) is 0 Å². The van der Waals surface area contributed by atoms with Gasteiger partial charge in [0.25, 0.3) is 5.89 Å². The number of halogens is 1. The van der Waals surface area contributed by atoms with Crippen molar-refractivity contribution in [2.75, 3.05) is 6.54 Å². The summed E-state index contributed by atoms with van der Waals surface area (Å²) in [5.74, 6) is 0.327. The van der Waals surface area contributed by atoms with Crippen molar-refractivity contribution in [3.8, 4) is 11.5 Å². The molecule has 0 amide bonds. The van der Waals surface area contributed by atoms with Crippen LogP contribution in [-0.4, -0.2) is 21.7 Å². The van der Waals surface area contributed by atoms with E-state index in [0.29, 0.717) is 24.4 Å². The molecule has 0 spiro atoms. The molecule has 6 heteroatoms. The third-order valence-electron chi connectivity index (χ3n) is 1.79. The Bertz CT molecular complexity index is 457. The average Bonchev–Trinajstić information content (AvgIpc) is 2.67. The number of aromatic nitrogens is 3. The molecule has 2 aromatic rings. The summed E-state index contributed by atoms with van der Waals surface area (Å²) in [5, 5.41) is 3.70. The predicted molar refractivity (Wildman–Crippen MR) is 50.2 cm³/mol. The van der Waals surface area contributed by atoms with Crippen LogP contribution >= 0.6 is 0 Å². The minimum atomic E-state index is -0.439. The maximum absolute atomic E-state index is 12.8. The van der Waals surface area contributed by atoms with E-state index >= 15 is 0 Å². The van der Waals surface area contributed by atoms with Gasteiger partial charge in [0.05, 0.1) is 11.8 Å². The van der Waals surface area contributed by atoms with E-state index in [0.717, 1.165) is 6.20 Å². The van der Waals surface area contributed by atoms with Crippen LogP contribution in [-0.2, 0) is 6.42 Å². The predicted octanol–water partition coefficient (Wildman–Crippen LogP) is 0.772. The van der Waals surface area contributed by atoms with Gasteiger partial charge in [-0.05, 0) is 12.6 Å². The lowest BCUT2D eigenvalue weighted by Gasteiger charge is -1.92. The van der Waals surface area contributed by atoms with E-state index in [-0.39, 0.29) is 5.89 Å². The van der Waals surface area contributed by atoms with Gasteiger partial charge >= 0.3 is 0 Å². The zero-order valence-corrected chi connectivity index (χ0v) is 7.85. The van der Waals surface area contributed by atoms with Crippen LogP contribution in [0.1, 0.15) is 5.82 Å². The topological polar surface area (TPSA) is 77.8 Å². The molecule has 0 aromatic carbocycles. The largest absolute Gasteiger partial charge is 0.334 e. The van der Waals surface area contributed by atoms with Gasteiger partial charge in [0, 0.05) is 12.6 Å². The fourth-order valence-corrected chi connectivity index (χ4v) is 1.13. The molecule has 2 rings (SSSR count). The summed E-state index contributed by atoms with van der Waals surface area (Å²) in [6.45, 7) is 0.445. The maximum atomic E-state index is 12.8. The van der Waals surface area contributed by atoms with Crippen LogP contribution in [0, 0.1) is 5.82 Å². The Balaban J connectivity index is 2.29. The SMILES string of the molecule is NCCc1noc(-c2cncc(F)c2)n1. The molecule has 0 radical (unpaired) electrons. The fraction of sp³-hybridized carbons (Fsp3) is 0.222. The summed E-state index contributed by atoms with van der Waals surface area (Å²) in [7, 11) is 0. The van der Waals surface area contributed by atoms with Gasteiger partial charge in [-0.3, -0.25) is 4.98 Å². The highest BCUT2D eigenvalue weighted by atomic mass is 19.1. The Morgan fingerprint density at radius 3 is 3.00 bits per heavy atom. The third kappa shape index (κ3) is 2.16. The smallest absolute Gasteiger partial charge is 0.259 e. The number of nitrogens with zero attached hydrogens (tertiary/aromatic N) is 3. The second-order valence-electron chi connectivity index (χ2n) is 2.95. The summed E-state index contributed by atoms with van der Waals surface area (Å²) in [6, 6.07) is 1.28. The van der Waals surface area contributed by atoms with Gasteiger partial charge in [0.2, 0.25) is 0 Å². The summed E-state index contributed by atoms with van der Waals surface area (Å²) >= 11 is 0. The first-order chi connectivity index (χ1) is 7.29. The Morgan fingerprint density at radius 2 is 2.27 bits per heavy atom. The van der Waals surface area contributed by atoms with Crippen molar-refractivity contribution in [1.82, 2.24) is 15.1 Å². The first kappa shape index (κ1) is 9.72. The van der Waals surface area contributed by atoms with Crippen LogP contribution in [0.5, 0.6) is 0 Å². The molecule has 2 N–H and O–H groups in total. The van der Waals surface area contributed by atoms with Crippen LogP contribution in [0.15, 0.2) is 23.0 Å². The minimum absolute atomic E-state index is 0.255. The highest BCUT2D eigenvalue weighted by Crippen LogP contribution is 2.16. The molecule has 0 atom stereocenters. The van der Waals surface area contributed by atoms with E-state index in [9.17, 15) is 4.39 Å². The third-order valence-corrected chi connectivity index (χ3v) is 1.79. The summed E-state index contributed by atoms with van der Waals surface area (Å²) in [5.41, 5.74) is 5.80. The van der Waals surface area contributed by atoms with Gasteiger partial charge in [-0.1, -0.05) is 5.16 Å². The first-order valence-corrected chi connectivity index (χ1v) is 4.43. The van der Waals surface area contributed by atoms with Gasteiger partial charge in [-0.25, -0.2) is 4.39 Å². The highest BCUT2D eigenvalue weighted by Gasteiger charge is 2.08. The van der Waals surface area contributed by atoms with Crippen LogP contribution in [0.25, 0.3) is 11.5 Å². The van der Waals surface area contributed by atoms with Crippen molar-refractivity contribution in [2.24, 2.45) is 5.73 Å². The van der Waals surface area contributed by atoms with Crippen LogP contribution < -0.4 is 5.73 Å². The molecule has 15 heavy (non-hydrogen) atoms. The molecular formula is C9H9FN4O. The van der Waals surface area contributed by atoms with E-state index in [1.54, 1.807) is 0 Å². The molecule has 0 bridgehead atoms. The van der Waals surface area contributed by atoms with Crippen molar-refractivity contribution < 1.29 is 8.91 Å². The first-order valence-electron chi connectivity index (χ1n) is 4.43. The fourth-order valence-electron chi connectivity index (χ4n) is 1.13. The van der Waals surface area contributed by atoms with Gasteiger partial charge in [-0.15, -0.1) is 0 Å². The summed E-state index contributed by atoms with van der Waals surface area (Å²) in [6.07, 6.45) is 3.11. The zero-order chi connectivity index (χ0) is 10.7. The van der Waals surface area contributed by atoms with E-state index in [2.05, 4.69) is 15.1 Å². The number of nitrogens with two attached hydrogens (primary N) is 1. The second kappa shape index (κ2) is 4.14. The normalized spacial score (nSPS) is 10.5. The van der Waals surface area contributed by atoms with Crippen molar-refractivity contribution >= 4 is 0 Å². The van der Waals surface area contributed by atoms with Gasteiger partial charge in [0.1, 0.15) is 5.82 Å². The van der Waals surface area contributed by atoms with Crippen LogP contribution in [0.4, 0.5) is 4.39 Å². The maximum Gasteiger partial charge on any atom is 0.259 e. The zero-order valence-electron chi connectivity index (χ0n) is 7.85. The number of hydrogen-bond donors (Lipinski definition) is 1. The average molecular weight is 208 g/mol. The number of hydrogen-bond acceptors (Lipinski definition) is 5. The van der Waals surface area contributed by atoms with Gasteiger partial charge in [0.15, 0.2) is 5.82 Å². The van der Waals surface area contributed by atoms with E-state index < -0.39 is 5.82 Å². The molecule has 0 unspecified atom stereocenters. The van der Waals surface area contributed by atoms with Crippen molar-refractivity contribution in [3.05, 3.63) is 30.1 Å².